The number of nitrogens with one attached hydrogen (secondary N) is 2. The van der Waals surface area contributed by atoms with Gasteiger partial charge in [0.05, 0.1) is 23.7 Å². The molecule has 0 aliphatic rings. The molecule has 0 saturated carbocycles. The van der Waals surface area contributed by atoms with Gasteiger partial charge in [-0.15, -0.1) is 0 Å². The van der Waals surface area contributed by atoms with Crippen LogP contribution in [-0.2, 0) is 40.3 Å². The molecule has 3 aromatic carbocycles. The zero-order valence-electron chi connectivity index (χ0n) is 29.0. The highest BCUT2D eigenvalue weighted by molar-refractivity contribution is 6.00. The van der Waals surface area contributed by atoms with E-state index in [4.69, 9.17) is 10.5 Å². The van der Waals surface area contributed by atoms with Gasteiger partial charge in [0.1, 0.15) is 18.5 Å². The molecular weight excluding hydrogens is 644 g/mol. The fourth-order valence-corrected chi connectivity index (χ4v) is 6.02. The number of H-pyrrole nitrogens is 1. The lowest BCUT2D eigenvalue weighted by atomic mass is 9.88. The van der Waals surface area contributed by atoms with Crippen LogP contribution in [-0.4, -0.2) is 61.1 Å². The van der Waals surface area contributed by atoms with E-state index >= 15 is 0 Å². The number of ether oxygens (including phenoxy) is 1. The van der Waals surface area contributed by atoms with Gasteiger partial charge in [-0.3, -0.25) is 19.5 Å². The van der Waals surface area contributed by atoms with E-state index in [-0.39, 0.29) is 31.9 Å². The lowest BCUT2D eigenvalue weighted by Crippen LogP contribution is -2.54. The highest BCUT2D eigenvalue weighted by Gasteiger charge is 2.38. The average molecular weight is 691 g/mol. The standard InChI is InChI=1S/C40H46N6O5/c1-3-27(2)37(45-40(50)51-26-30-18-20-42-21-19-30)39(49)46(25-36-43-33-16-10-11-17-34(33)44-36)38(48)31(22-28-12-6-4-7-13-28)24-35(47)32(41)23-29-14-8-5-9-15-29/h4-21,27,31-32,35,37,47H,3,22-26,41H2,1-2H3,(H,43,44)(H,45,50)/t27-,31+,32-,35-,37-/m0/s1. The molecule has 0 radical (unpaired) electrons. The number of aromatic nitrogens is 3. The second kappa shape index (κ2) is 18.0. The monoisotopic (exact) mass is 690 g/mol. The molecule has 5 atom stereocenters. The summed E-state index contributed by atoms with van der Waals surface area (Å²) in [6.45, 7) is 3.55. The number of hydrogen-bond acceptors (Lipinski definition) is 8. The molecular formula is C40H46N6O5. The molecule has 0 saturated heterocycles. The molecule has 0 fully saturated rings. The van der Waals surface area contributed by atoms with Crippen LogP contribution in [0, 0.1) is 11.8 Å². The number of aliphatic hydroxyl groups excluding tert-OH is 1. The number of pyridine rings is 1. The molecule has 11 nitrogen and oxygen atoms in total. The number of nitrogens with two attached hydrogens (primary N) is 1. The highest BCUT2D eigenvalue weighted by atomic mass is 16.5. The van der Waals surface area contributed by atoms with E-state index in [9.17, 15) is 19.5 Å². The number of imidazole rings is 1. The molecule has 5 aromatic rings. The zero-order valence-corrected chi connectivity index (χ0v) is 29.0. The number of amides is 3. The number of benzene rings is 3. The Morgan fingerprint density at radius 2 is 1.49 bits per heavy atom. The third-order valence-corrected chi connectivity index (χ3v) is 9.16. The highest BCUT2D eigenvalue weighted by Crippen LogP contribution is 2.24. The van der Waals surface area contributed by atoms with Crippen molar-refractivity contribution in [2.45, 2.75) is 70.9 Å². The van der Waals surface area contributed by atoms with Crippen LogP contribution in [0.3, 0.4) is 0 Å². The zero-order chi connectivity index (χ0) is 36.2. The lowest BCUT2D eigenvalue weighted by Gasteiger charge is -2.32. The first kappa shape index (κ1) is 36.9. The maximum Gasteiger partial charge on any atom is 0.408 e. The fraction of sp³-hybridized carbons (Fsp3) is 0.325. The summed E-state index contributed by atoms with van der Waals surface area (Å²) in [6, 6.07) is 28.2. The summed E-state index contributed by atoms with van der Waals surface area (Å²) < 4.78 is 5.46. The van der Waals surface area contributed by atoms with Crippen molar-refractivity contribution in [3.8, 4) is 0 Å². The maximum atomic E-state index is 14.8. The van der Waals surface area contributed by atoms with E-state index in [0.29, 0.717) is 24.2 Å². The Balaban J connectivity index is 1.44. The molecule has 0 aliphatic carbocycles. The smallest absolute Gasteiger partial charge is 0.408 e. The van der Waals surface area contributed by atoms with Crippen LogP contribution in [0.2, 0.25) is 0 Å². The van der Waals surface area contributed by atoms with Gasteiger partial charge in [-0.2, -0.15) is 0 Å². The van der Waals surface area contributed by atoms with Crippen LogP contribution in [0.15, 0.2) is 109 Å². The summed E-state index contributed by atoms with van der Waals surface area (Å²) in [5.41, 5.74) is 10.5. The van der Waals surface area contributed by atoms with Crippen molar-refractivity contribution in [3.05, 3.63) is 132 Å². The maximum absolute atomic E-state index is 14.8. The number of carbonyl (C=O) groups is 3. The van der Waals surface area contributed by atoms with Gasteiger partial charge >= 0.3 is 6.09 Å². The Hall–Kier alpha value is -5.39. The van der Waals surface area contributed by atoms with Crippen molar-refractivity contribution < 1.29 is 24.2 Å². The molecule has 5 N–H and O–H groups in total. The van der Waals surface area contributed by atoms with Gasteiger partial charge in [-0.05, 0) is 66.1 Å². The second-order valence-corrected chi connectivity index (χ2v) is 12.9. The Bertz CT molecular complexity index is 1820. The fourth-order valence-electron chi connectivity index (χ4n) is 6.02. The van der Waals surface area contributed by atoms with Crippen molar-refractivity contribution in [1.82, 2.24) is 25.2 Å². The minimum atomic E-state index is -1.09. The number of nitrogens with zero attached hydrogens (tertiary/aromatic N) is 3. The summed E-state index contributed by atoms with van der Waals surface area (Å²) >= 11 is 0. The quantitative estimate of drug-likeness (QED) is 0.108. The summed E-state index contributed by atoms with van der Waals surface area (Å²) in [7, 11) is 0. The molecule has 11 heteroatoms. The molecule has 0 aliphatic heterocycles. The third-order valence-electron chi connectivity index (χ3n) is 9.16. The molecule has 0 bridgehead atoms. The number of imide groups is 1. The largest absolute Gasteiger partial charge is 0.445 e. The topological polar surface area (TPSA) is 164 Å². The minimum Gasteiger partial charge on any atom is -0.445 e. The van der Waals surface area contributed by atoms with E-state index in [0.717, 1.165) is 27.1 Å². The van der Waals surface area contributed by atoms with Gasteiger partial charge in [0.25, 0.3) is 5.91 Å². The Morgan fingerprint density at radius 1 is 0.863 bits per heavy atom. The number of rotatable bonds is 16. The lowest BCUT2D eigenvalue weighted by molar-refractivity contribution is -0.151. The van der Waals surface area contributed by atoms with Gasteiger partial charge < -0.3 is 25.9 Å². The number of para-hydroxylation sites is 2. The predicted molar refractivity (Wildman–Crippen MR) is 195 cm³/mol. The molecule has 51 heavy (non-hydrogen) atoms. The van der Waals surface area contributed by atoms with E-state index in [1.165, 1.54) is 0 Å². The number of aromatic amines is 1. The molecule has 3 amide bonds. The Labute approximate surface area is 298 Å². The van der Waals surface area contributed by atoms with Crippen molar-refractivity contribution in [2.24, 2.45) is 17.6 Å². The average Bonchev–Trinajstić information content (AvgIpc) is 3.58. The van der Waals surface area contributed by atoms with E-state index in [2.05, 4.69) is 20.3 Å². The summed E-state index contributed by atoms with van der Waals surface area (Å²) in [4.78, 5) is 55.5. The summed E-state index contributed by atoms with van der Waals surface area (Å²) in [5.74, 6) is -1.88. The van der Waals surface area contributed by atoms with Crippen molar-refractivity contribution in [3.63, 3.8) is 0 Å². The van der Waals surface area contributed by atoms with Crippen LogP contribution in [0.5, 0.6) is 0 Å². The summed E-state index contributed by atoms with van der Waals surface area (Å²) in [6.07, 6.45) is 2.59. The van der Waals surface area contributed by atoms with Gasteiger partial charge in [0.2, 0.25) is 5.91 Å². The normalized spacial score (nSPS) is 14.2. The number of carbonyl (C=O) groups excluding carboxylic acids is 3. The van der Waals surface area contributed by atoms with E-state index < -0.39 is 42.0 Å². The van der Waals surface area contributed by atoms with Crippen molar-refractivity contribution in [1.29, 1.82) is 0 Å². The van der Waals surface area contributed by atoms with Crippen molar-refractivity contribution >= 4 is 28.9 Å². The molecule has 2 heterocycles. The van der Waals surface area contributed by atoms with Gasteiger partial charge in [0, 0.05) is 24.4 Å². The third kappa shape index (κ3) is 10.3. The molecule has 0 unspecified atom stereocenters. The molecule has 5 rings (SSSR count). The van der Waals surface area contributed by atoms with Gasteiger partial charge in [0.15, 0.2) is 0 Å². The molecule has 266 valence electrons. The first-order chi connectivity index (χ1) is 24.7. The van der Waals surface area contributed by atoms with Gasteiger partial charge in [-0.25, -0.2) is 9.78 Å². The second-order valence-electron chi connectivity index (χ2n) is 12.9. The number of hydrogen-bond donors (Lipinski definition) is 4. The van der Waals surface area contributed by atoms with E-state index in [1.54, 1.807) is 24.5 Å². The van der Waals surface area contributed by atoms with Crippen LogP contribution in [0.4, 0.5) is 4.79 Å². The Morgan fingerprint density at radius 3 is 2.14 bits per heavy atom. The predicted octanol–water partition coefficient (Wildman–Crippen LogP) is 5.33. The first-order valence-electron chi connectivity index (χ1n) is 17.3. The molecule has 0 spiro atoms. The van der Waals surface area contributed by atoms with Crippen molar-refractivity contribution in [2.75, 3.05) is 0 Å². The number of alkyl carbamates (subject to hydrolysis) is 1. The molecule has 2 aromatic heterocycles. The summed E-state index contributed by atoms with van der Waals surface area (Å²) in [5, 5.41) is 14.2. The van der Waals surface area contributed by atoms with Gasteiger partial charge in [-0.1, -0.05) is 93.1 Å². The van der Waals surface area contributed by atoms with Crippen LogP contribution in [0.1, 0.15) is 49.2 Å². The number of aliphatic hydroxyl groups is 1. The minimum absolute atomic E-state index is 0.0149. The Kier molecular flexibility index (Phi) is 13.0. The number of fused-ring (bicyclic) bond motifs is 1. The SMILES string of the molecule is CC[C@H](C)[C@H](NC(=O)OCc1ccncc1)C(=O)N(Cc1nc2ccccc2[nH]1)C(=O)[C@H](Cc1ccccc1)C[C@H](O)[C@@H](N)Cc1ccccc1. The van der Waals surface area contributed by atoms with Crippen LogP contribution >= 0.6 is 0 Å². The van der Waals surface area contributed by atoms with Crippen LogP contribution < -0.4 is 11.1 Å². The first-order valence-corrected chi connectivity index (χ1v) is 17.3. The van der Waals surface area contributed by atoms with Crippen LogP contribution in [0.25, 0.3) is 11.0 Å². The van der Waals surface area contributed by atoms with E-state index in [1.807, 2.05) is 98.8 Å².